The fraction of sp³-hybridized carbons (Fsp3) is 0.400. The van der Waals surface area contributed by atoms with E-state index in [1.54, 1.807) is 0 Å². The van der Waals surface area contributed by atoms with Gasteiger partial charge in [-0.25, -0.2) is 17.5 Å². The Kier molecular flexibility index (Phi) is 4.88. The van der Waals surface area contributed by atoms with Gasteiger partial charge in [0.15, 0.2) is 0 Å². The van der Waals surface area contributed by atoms with Crippen LogP contribution < -0.4 is 10.5 Å². The smallest absolute Gasteiger partial charge is 0.330 e. The molecule has 4 nitrogen and oxygen atoms in total. The third-order valence-electron chi connectivity index (χ3n) is 2.23. The second kappa shape index (κ2) is 5.85. The van der Waals surface area contributed by atoms with E-state index in [1.165, 1.54) is 0 Å². The van der Waals surface area contributed by atoms with Gasteiger partial charge in [0.05, 0.1) is 10.5 Å². The van der Waals surface area contributed by atoms with Crippen molar-refractivity contribution in [3.8, 4) is 0 Å². The lowest BCUT2D eigenvalue weighted by molar-refractivity contribution is -0.140. The maximum Gasteiger partial charge on any atom is 0.419 e. The summed E-state index contributed by atoms with van der Waals surface area (Å²) < 4.78 is 75.5. The Hall–Kier alpha value is -1.19. The normalized spacial score (nSPS) is 12.7. The van der Waals surface area contributed by atoms with Crippen molar-refractivity contribution in [2.24, 2.45) is 5.73 Å². The standard InChI is InChI=1S/C10H12F4N2O2S/c11-9-6-7(2-3-8(9)10(12,13)14)19(17,18)16-5-1-4-15/h2-3,6,16H,1,4-5,15H2. The second-order valence-electron chi connectivity index (χ2n) is 3.68. The SMILES string of the molecule is NCCCNS(=O)(=O)c1ccc(C(F)(F)F)c(F)c1. The molecule has 0 atom stereocenters. The van der Waals surface area contributed by atoms with Crippen LogP contribution in [0.1, 0.15) is 12.0 Å². The highest BCUT2D eigenvalue weighted by atomic mass is 32.2. The number of halogens is 4. The highest BCUT2D eigenvalue weighted by Crippen LogP contribution is 2.32. The molecule has 0 radical (unpaired) electrons. The van der Waals surface area contributed by atoms with Gasteiger partial charge < -0.3 is 5.73 Å². The first kappa shape index (κ1) is 15.9. The summed E-state index contributed by atoms with van der Waals surface area (Å²) in [6, 6.07) is 1.44. The summed E-state index contributed by atoms with van der Waals surface area (Å²) in [5.74, 6) is -1.63. The summed E-state index contributed by atoms with van der Waals surface area (Å²) in [7, 11) is -4.03. The van der Waals surface area contributed by atoms with E-state index in [9.17, 15) is 26.0 Å². The summed E-state index contributed by atoms with van der Waals surface area (Å²) in [5, 5.41) is 0. The van der Waals surface area contributed by atoms with E-state index in [4.69, 9.17) is 5.73 Å². The van der Waals surface area contributed by atoms with Crippen molar-refractivity contribution in [3.63, 3.8) is 0 Å². The predicted octanol–water partition coefficient (Wildman–Crippen LogP) is 1.47. The molecule has 0 aliphatic rings. The van der Waals surface area contributed by atoms with Crippen LogP contribution in [0.2, 0.25) is 0 Å². The van der Waals surface area contributed by atoms with E-state index in [2.05, 4.69) is 4.72 Å². The zero-order valence-corrected chi connectivity index (χ0v) is 10.5. The van der Waals surface area contributed by atoms with E-state index >= 15 is 0 Å². The second-order valence-corrected chi connectivity index (χ2v) is 5.45. The molecule has 0 aliphatic carbocycles. The monoisotopic (exact) mass is 300 g/mol. The number of hydrogen-bond acceptors (Lipinski definition) is 3. The molecule has 3 N–H and O–H groups in total. The minimum Gasteiger partial charge on any atom is -0.330 e. The fourth-order valence-corrected chi connectivity index (χ4v) is 2.37. The number of alkyl halides is 3. The number of hydrogen-bond donors (Lipinski definition) is 2. The summed E-state index contributed by atoms with van der Waals surface area (Å²) >= 11 is 0. The Labute approximate surface area is 107 Å². The molecule has 0 bridgehead atoms. The average Bonchev–Trinajstić information content (AvgIpc) is 2.27. The Morgan fingerprint density at radius 1 is 1.26 bits per heavy atom. The molecule has 0 saturated carbocycles. The largest absolute Gasteiger partial charge is 0.419 e. The number of rotatable bonds is 5. The Morgan fingerprint density at radius 2 is 1.89 bits per heavy atom. The third-order valence-corrected chi connectivity index (χ3v) is 3.69. The van der Waals surface area contributed by atoms with Gasteiger partial charge in [-0.1, -0.05) is 0 Å². The number of nitrogens with one attached hydrogen (secondary N) is 1. The molecule has 0 aromatic heterocycles. The molecule has 108 valence electrons. The summed E-state index contributed by atoms with van der Waals surface area (Å²) in [6.07, 6.45) is -4.50. The molecule has 1 aromatic carbocycles. The highest BCUT2D eigenvalue weighted by Gasteiger charge is 2.34. The molecule has 0 aliphatic heterocycles. The van der Waals surface area contributed by atoms with E-state index in [0.717, 1.165) is 0 Å². The van der Waals surface area contributed by atoms with Crippen LogP contribution in [0.25, 0.3) is 0 Å². The first-order valence-corrected chi connectivity index (χ1v) is 6.73. The van der Waals surface area contributed by atoms with Gasteiger partial charge in [0.1, 0.15) is 5.82 Å². The van der Waals surface area contributed by atoms with Gasteiger partial charge in [-0.05, 0) is 31.2 Å². The Bertz CT molecular complexity index is 543. The summed E-state index contributed by atoms with van der Waals surface area (Å²) in [6.45, 7) is 0.283. The van der Waals surface area contributed by atoms with Crippen LogP contribution in [0.15, 0.2) is 23.1 Å². The van der Waals surface area contributed by atoms with E-state index in [1.807, 2.05) is 0 Å². The lowest BCUT2D eigenvalue weighted by Gasteiger charge is -2.10. The van der Waals surface area contributed by atoms with E-state index in [0.29, 0.717) is 24.6 Å². The zero-order chi connectivity index (χ0) is 14.7. The van der Waals surface area contributed by atoms with Gasteiger partial charge in [0, 0.05) is 6.54 Å². The lowest BCUT2D eigenvalue weighted by atomic mass is 10.2. The van der Waals surface area contributed by atoms with Gasteiger partial charge in [0.25, 0.3) is 0 Å². The lowest BCUT2D eigenvalue weighted by Crippen LogP contribution is -2.26. The maximum absolute atomic E-state index is 13.2. The predicted molar refractivity (Wildman–Crippen MR) is 60.3 cm³/mol. The van der Waals surface area contributed by atoms with Crippen LogP contribution in [0.3, 0.4) is 0 Å². The van der Waals surface area contributed by atoms with Gasteiger partial charge in [-0.15, -0.1) is 0 Å². The molecule has 0 fully saturated rings. The summed E-state index contributed by atoms with van der Waals surface area (Å²) in [5.41, 5.74) is 3.66. The number of nitrogens with two attached hydrogens (primary N) is 1. The van der Waals surface area contributed by atoms with Crippen molar-refractivity contribution in [2.45, 2.75) is 17.5 Å². The van der Waals surface area contributed by atoms with Crippen molar-refractivity contribution in [3.05, 3.63) is 29.6 Å². The topological polar surface area (TPSA) is 72.2 Å². The first-order chi connectivity index (χ1) is 8.68. The van der Waals surface area contributed by atoms with Gasteiger partial charge in [-0.3, -0.25) is 0 Å². The van der Waals surface area contributed by atoms with Crippen LogP contribution in [0, 0.1) is 5.82 Å². The van der Waals surface area contributed by atoms with Gasteiger partial charge in [-0.2, -0.15) is 13.2 Å². The van der Waals surface area contributed by atoms with Crippen molar-refractivity contribution in [1.29, 1.82) is 0 Å². The van der Waals surface area contributed by atoms with E-state index in [-0.39, 0.29) is 13.1 Å². The molecular formula is C10H12F4N2O2S. The van der Waals surface area contributed by atoms with Crippen molar-refractivity contribution >= 4 is 10.0 Å². The quantitative estimate of drug-likeness (QED) is 0.639. The molecule has 0 saturated heterocycles. The molecule has 1 aromatic rings. The van der Waals surface area contributed by atoms with Gasteiger partial charge >= 0.3 is 6.18 Å². The molecular weight excluding hydrogens is 288 g/mol. The number of sulfonamides is 1. The Morgan fingerprint density at radius 3 is 2.37 bits per heavy atom. The van der Waals surface area contributed by atoms with E-state index < -0.39 is 32.5 Å². The van der Waals surface area contributed by atoms with Crippen LogP contribution in [-0.2, 0) is 16.2 Å². The first-order valence-electron chi connectivity index (χ1n) is 5.25. The molecule has 19 heavy (non-hydrogen) atoms. The fourth-order valence-electron chi connectivity index (χ4n) is 1.28. The molecule has 0 unspecified atom stereocenters. The van der Waals surface area contributed by atoms with Crippen LogP contribution in [-0.4, -0.2) is 21.5 Å². The number of benzene rings is 1. The minimum absolute atomic E-state index is 0.0292. The van der Waals surface area contributed by atoms with Gasteiger partial charge in [0.2, 0.25) is 10.0 Å². The molecule has 9 heteroatoms. The van der Waals surface area contributed by atoms with Crippen molar-refractivity contribution in [1.82, 2.24) is 4.72 Å². The Balaban J connectivity index is 3.01. The van der Waals surface area contributed by atoms with Crippen molar-refractivity contribution in [2.75, 3.05) is 13.1 Å². The third kappa shape index (κ3) is 4.15. The molecule has 1 rings (SSSR count). The minimum atomic E-state index is -4.86. The molecule has 0 spiro atoms. The maximum atomic E-state index is 13.2. The van der Waals surface area contributed by atoms with Crippen LogP contribution in [0.5, 0.6) is 0 Å². The van der Waals surface area contributed by atoms with Crippen LogP contribution >= 0.6 is 0 Å². The van der Waals surface area contributed by atoms with Crippen molar-refractivity contribution < 1.29 is 26.0 Å². The molecule has 0 amide bonds. The summed E-state index contributed by atoms with van der Waals surface area (Å²) in [4.78, 5) is -0.560. The highest BCUT2D eigenvalue weighted by molar-refractivity contribution is 7.89. The average molecular weight is 300 g/mol. The zero-order valence-electron chi connectivity index (χ0n) is 9.67. The molecule has 0 heterocycles. The van der Waals surface area contributed by atoms with Crippen LogP contribution in [0.4, 0.5) is 17.6 Å².